The predicted molar refractivity (Wildman–Crippen MR) is 91.3 cm³/mol. The first kappa shape index (κ1) is 18.6. The highest BCUT2D eigenvalue weighted by molar-refractivity contribution is 6.78. The van der Waals surface area contributed by atoms with E-state index in [1.165, 1.54) is 12.0 Å². The highest BCUT2D eigenvalue weighted by Crippen LogP contribution is 2.23. The molecular weight excluding hydrogens is 305 g/mol. The Kier molecular flexibility index (Phi) is 7.34. The third-order valence-corrected chi connectivity index (χ3v) is 8.25. The number of halogens is 2. The van der Waals surface area contributed by atoms with E-state index in [2.05, 4.69) is 24.9 Å². The molecule has 0 bridgehead atoms. The molecule has 0 N–H and O–H groups in total. The summed E-state index contributed by atoms with van der Waals surface area (Å²) in [5, 5.41) is 0. The van der Waals surface area contributed by atoms with Gasteiger partial charge < -0.3 is 4.74 Å². The third kappa shape index (κ3) is 5.06. The first-order chi connectivity index (χ1) is 9.53. The molecule has 0 spiro atoms. The summed E-state index contributed by atoms with van der Waals surface area (Å²) in [5.74, 6) is -0.145. The van der Waals surface area contributed by atoms with Gasteiger partial charge in [-0.25, -0.2) is 4.39 Å². The minimum atomic E-state index is -1.43. The van der Waals surface area contributed by atoms with E-state index >= 15 is 0 Å². The summed E-state index contributed by atoms with van der Waals surface area (Å²) in [7, 11) is -1.43. The zero-order valence-electron chi connectivity index (χ0n) is 13.3. The lowest BCUT2D eigenvalue weighted by atomic mass is 10.2. The molecule has 21 heavy (non-hydrogen) atoms. The molecule has 0 aromatic heterocycles. The standard InChI is InChI=1S/C16H26FNOSi.ClH/c1-4-16(18-9-11-19-12-10-18)20(2,3)13-14-5-7-15(17)8-6-14;/h5-8,16H,4,9-13H2,1-3H3;1H. The number of morpholine rings is 1. The van der Waals surface area contributed by atoms with E-state index < -0.39 is 8.07 Å². The maximum atomic E-state index is 13.0. The summed E-state index contributed by atoms with van der Waals surface area (Å²) < 4.78 is 18.5. The molecule has 1 fully saturated rings. The van der Waals surface area contributed by atoms with Gasteiger partial charge in [0, 0.05) is 18.8 Å². The van der Waals surface area contributed by atoms with E-state index in [0.29, 0.717) is 5.67 Å². The van der Waals surface area contributed by atoms with Crippen molar-refractivity contribution < 1.29 is 9.13 Å². The molecular formula is C16H27ClFNOSi. The molecule has 1 saturated heterocycles. The van der Waals surface area contributed by atoms with Gasteiger partial charge in [0.2, 0.25) is 0 Å². The van der Waals surface area contributed by atoms with Crippen LogP contribution in [0.25, 0.3) is 0 Å². The quantitative estimate of drug-likeness (QED) is 0.763. The van der Waals surface area contributed by atoms with Gasteiger partial charge in [-0.15, -0.1) is 12.4 Å². The topological polar surface area (TPSA) is 12.5 Å². The van der Waals surface area contributed by atoms with Crippen molar-refractivity contribution in [1.82, 2.24) is 4.90 Å². The predicted octanol–water partition coefficient (Wildman–Crippen LogP) is 3.69. The molecule has 1 aromatic rings. The molecule has 1 aliphatic rings. The highest BCUT2D eigenvalue weighted by Gasteiger charge is 2.35. The van der Waals surface area contributed by atoms with E-state index in [4.69, 9.17) is 4.74 Å². The van der Waals surface area contributed by atoms with Gasteiger partial charge >= 0.3 is 0 Å². The molecule has 1 atom stereocenters. The van der Waals surface area contributed by atoms with Crippen molar-refractivity contribution in [3.63, 3.8) is 0 Å². The van der Waals surface area contributed by atoms with Crippen molar-refractivity contribution in [3.8, 4) is 0 Å². The average molecular weight is 332 g/mol. The zero-order chi connectivity index (χ0) is 14.6. The lowest BCUT2D eigenvalue weighted by Gasteiger charge is -2.42. The number of rotatable bonds is 5. The van der Waals surface area contributed by atoms with E-state index in [0.717, 1.165) is 32.3 Å². The van der Waals surface area contributed by atoms with Crippen LogP contribution in [-0.4, -0.2) is 44.9 Å². The molecule has 5 heteroatoms. The highest BCUT2D eigenvalue weighted by atomic mass is 35.5. The number of hydrogen-bond acceptors (Lipinski definition) is 2. The molecule has 1 heterocycles. The monoisotopic (exact) mass is 331 g/mol. The van der Waals surface area contributed by atoms with E-state index in [1.807, 2.05) is 12.1 Å². The molecule has 1 unspecified atom stereocenters. The minimum absolute atomic E-state index is 0. The average Bonchev–Trinajstić information content (AvgIpc) is 2.43. The van der Waals surface area contributed by atoms with Gasteiger partial charge in [-0.2, -0.15) is 0 Å². The smallest absolute Gasteiger partial charge is 0.123 e. The third-order valence-electron chi connectivity index (χ3n) is 4.35. The van der Waals surface area contributed by atoms with Gasteiger partial charge in [-0.1, -0.05) is 37.7 Å². The molecule has 0 amide bonds. The van der Waals surface area contributed by atoms with Crippen LogP contribution in [-0.2, 0) is 10.8 Å². The fourth-order valence-electron chi connectivity index (χ4n) is 3.44. The van der Waals surface area contributed by atoms with Crippen molar-refractivity contribution in [2.75, 3.05) is 26.3 Å². The summed E-state index contributed by atoms with van der Waals surface area (Å²) >= 11 is 0. The van der Waals surface area contributed by atoms with E-state index in [9.17, 15) is 4.39 Å². The number of benzene rings is 1. The Hall–Kier alpha value is -0.423. The fourth-order valence-corrected chi connectivity index (χ4v) is 7.32. The molecule has 2 rings (SSSR count). The summed E-state index contributed by atoms with van der Waals surface area (Å²) in [4.78, 5) is 2.61. The van der Waals surface area contributed by atoms with Crippen LogP contribution < -0.4 is 0 Å². The largest absolute Gasteiger partial charge is 0.379 e. The van der Waals surface area contributed by atoms with Crippen LogP contribution >= 0.6 is 12.4 Å². The lowest BCUT2D eigenvalue weighted by molar-refractivity contribution is 0.0287. The second-order valence-corrected chi connectivity index (χ2v) is 11.4. The fraction of sp³-hybridized carbons (Fsp3) is 0.625. The van der Waals surface area contributed by atoms with Gasteiger partial charge in [-0.05, 0) is 24.6 Å². The number of hydrogen-bond donors (Lipinski definition) is 0. The molecule has 2 nitrogen and oxygen atoms in total. The van der Waals surface area contributed by atoms with Crippen LogP contribution in [0, 0.1) is 5.82 Å². The van der Waals surface area contributed by atoms with Crippen molar-refractivity contribution in [1.29, 1.82) is 0 Å². The Balaban J connectivity index is 0.00000220. The van der Waals surface area contributed by atoms with E-state index in [-0.39, 0.29) is 18.2 Å². The molecule has 0 saturated carbocycles. The van der Waals surface area contributed by atoms with Crippen LogP contribution in [0.4, 0.5) is 4.39 Å². The van der Waals surface area contributed by atoms with Gasteiger partial charge in [0.15, 0.2) is 0 Å². The Morgan fingerprint density at radius 3 is 2.29 bits per heavy atom. The van der Waals surface area contributed by atoms with Crippen LogP contribution in [0.1, 0.15) is 18.9 Å². The summed E-state index contributed by atoms with van der Waals surface area (Å²) in [6.45, 7) is 11.0. The minimum Gasteiger partial charge on any atom is -0.379 e. The van der Waals surface area contributed by atoms with Crippen LogP contribution in [0.5, 0.6) is 0 Å². The van der Waals surface area contributed by atoms with Crippen molar-refractivity contribution >= 4 is 20.5 Å². The maximum Gasteiger partial charge on any atom is 0.123 e. The summed E-state index contributed by atoms with van der Waals surface area (Å²) in [5.41, 5.74) is 1.95. The van der Waals surface area contributed by atoms with Gasteiger partial charge in [0.25, 0.3) is 0 Å². The molecule has 0 aliphatic carbocycles. The first-order valence-electron chi connectivity index (χ1n) is 7.59. The SMILES string of the molecule is CCC(N1CCOCC1)[Si](C)(C)Cc1ccc(F)cc1.Cl. The summed E-state index contributed by atoms with van der Waals surface area (Å²) in [6, 6.07) is 8.15. The van der Waals surface area contributed by atoms with E-state index in [1.54, 1.807) is 12.1 Å². The van der Waals surface area contributed by atoms with Crippen molar-refractivity contribution in [2.45, 2.75) is 38.1 Å². The molecule has 120 valence electrons. The van der Waals surface area contributed by atoms with Gasteiger partial charge in [0.05, 0.1) is 21.3 Å². The maximum absolute atomic E-state index is 13.0. The molecule has 1 aliphatic heterocycles. The Morgan fingerprint density at radius 1 is 1.19 bits per heavy atom. The Labute approximate surface area is 135 Å². The second kappa shape index (κ2) is 8.27. The van der Waals surface area contributed by atoms with Gasteiger partial charge in [0.1, 0.15) is 5.82 Å². The Morgan fingerprint density at radius 2 is 1.76 bits per heavy atom. The lowest BCUT2D eigenvalue weighted by Crippen LogP contribution is -2.57. The number of ether oxygens (including phenoxy) is 1. The van der Waals surface area contributed by atoms with Crippen LogP contribution in [0.2, 0.25) is 13.1 Å². The van der Waals surface area contributed by atoms with Gasteiger partial charge in [-0.3, -0.25) is 4.90 Å². The van der Waals surface area contributed by atoms with Crippen LogP contribution in [0.15, 0.2) is 24.3 Å². The van der Waals surface area contributed by atoms with Crippen LogP contribution in [0.3, 0.4) is 0 Å². The first-order valence-corrected chi connectivity index (χ1v) is 10.9. The molecule has 0 radical (unpaired) electrons. The summed E-state index contributed by atoms with van der Waals surface area (Å²) in [6.07, 6.45) is 1.19. The normalized spacial score (nSPS) is 18.1. The Bertz CT molecular complexity index is 421. The molecule has 1 aromatic carbocycles. The number of nitrogens with zero attached hydrogens (tertiary/aromatic N) is 1. The van der Waals surface area contributed by atoms with Crippen molar-refractivity contribution in [3.05, 3.63) is 35.6 Å². The van der Waals surface area contributed by atoms with Crippen molar-refractivity contribution in [2.24, 2.45) is 0 Å². The zero-order valence-corrected chi connectivity index (χ0v) is 15.1. The second-order valence-electron chi connectivity index (χ2n) is 6.36.